The molecule has 0 spiro atoms. The first-order valence-electron chi connectivity index (χ1n) is 8.73. The molecule has 6 heteroatoms. The Labute approximate surface area is 157 Å². The molecule has 0 aliphatic carbocycles. The number of nitrogens with one attached hydrogen (secondary N) is 1. The number of anilines is 2. The molecule has 1 aromatic carbocycles. The maximum atomic E-state index is 4.89. The normalized spacial score (nSPS) is 18.8. The fourth-order valence-corrected chi connectivity index (χ4v) is 4.96. The van der Waals surface area contributed by atoms with Crippen molar-refractivity contribution < 1.29 is 0 Å². The fourth-order valence-electron chi connectivity index (χ4n) is 3.53. The fraction of sp³-hybridized carbons (Fsp3) is 0.421. The molecule has 2 aliphatic rings. The summed E-state index contributed by atoms with van der Waals surface area (Å²) >= 11 is 3.60. The van der Waals surface area contributed by atoms with Crippen molar-refractivity contribution in [2.45, 2.75) is 23.8 Å². The lowest BCUT2D eigenvalue weighted by Crippen LogP contribution is -2.45. The number of nitrogens with zero attached hydrogens (tertiary/aromatic N) is 3. The maximum absolute atomic E-state index is 4.89. The minimum absolute atomic E-state index is 0.610. The van der Waals surface area contributed by atoms with Crippen LogP contribution in [0.1, 0.15) is 18.4 Å². The van der Waals surface area contributed by atoms with E-state index < -0.39 is 0 Å². The molecule has 1 saturated heterocycles. The van der Waals surface area contributed by atoms with Gasteiger partial charge in [-0.25, -0.2) is 4.99 Å². The Morgan fingerprint density at radius 2 is 2.08 bits per heavy atom. The van der Waals surface area contributed by atoms with Crippen molar-refractivity contribution in [2.24, 2.45) is 4.99 Å². The summed E-state index contributed by atoms with van der Waals surface area (Å²) in [7, 11) is 2.21. The van der Waals surface area contributed by atoms with E-state index in [-0.39, 0.29) is 0 Å². The van der Waals surface area contributed by atoms with Crippen LogP contribution in [0.25, 0.3) is 0 Å². The third-order valence-corrected chi connectivity index (χ3v) is 6.68. The number of likely N-dealkylation sites (tertiary alicyclic amines) is 1. The second-order valence-electron chi connectivity index (χ2n) is 6.65. The summed E-state index contributed by atoms with van der Waals surface area (Å²) in [5.74, 6) is 0.999. The molecule has 2 aromatic rings. The smallest absolute Gasteiger partial charge is 0.137 e. The van der Waals surface area contributed by atoms with Gasteiger partial charge in [-0.15, -0.1) is 23.1 Å². The van der Waals surface area contributed by atoms with Gasteiger partial charge < -0.3 is 15.1 Å². The van der Waals surface area contributed by atoms with Crippen LogP contribution in [0.4, 0.5) is 10.7 Å². The standard InChI is InChI=1S/C19H24N4S2/c1-22-9-6-15(7-10-22)23-13-20-18(17-8-11-25-19(17)23)21-14-4-3-5-16(12-14)24-2/h3-5,8,11-12,15H,6-7,9-10,13H2,1-2H3,(H,20,21). The van der Waals surface area contributed by atoms with Gasteiger partial charge in [0.1, 0.15) is 17.5 Å². The van der Waals surface area contributed by atoms with Crippen molar-refractivity contribution in [1.29, 1.82) is 0 Å². The third kappa shape index (κ3) is 3.57. The van der Waals surface area contributed by atoms with E-state index in [9.17, 15) is 0 Å². The monoisotopic (exact) mass is 372 g/mol. The zero-order chi connectivity index (χ0) is 17.2. The van der Waals surface area contributed by atoms with Gasteiger partial charge in [0.05, 0.1) is 5.56 Å². The Balaban J connectivity index is 1.54. The highest BCUT2D eigenvalue weighted by atomic mass is 32.2. The average molecular weight is 373 g/mol. The number of thiophene rings is 1. The topological polar surface area (TPSA) is 30.9 Å². The summed E-state index contributed by atoms with van der Waals surface area (Å²) in [6.07, 6.45) is 4.55. The van der Waals surface area contributed by atoms with E-state index in [4.69, 9.17) is 4.99 Å². The van der Waals surface area contributed by atoms with Crippen LogP contribution in [0, 0.1) is 0 Å². The molecule has 0 amide bonds. The number of benzene rings is 1. The molecule has 1 aromatic heterocycles. The lowest BCUT2D eigenvalue weighted by molar-refractivity contribution is 0.250. The van der Waals surface area contributed by atoms with Gasteiger partial charge in [-0.2, -0.15) is 0 Å². The first-order chi connectivity index (χ1) is 12.2. The van der Waals surface area contributed by atoms with E-state index in [1.54, 1.807) is 11.8 Å². The van der Waals surface area contributed by atoms with Crippen molar-refractivity contribution in [3.8, 4) is 0 Å². The van der Waals surface area contributed by atoms with Crippen LogP contribution in [0.5, 0.6) is 0 Å². The van der Waals surface area contributed by atoms with E-state index in [2.05, 4.69) is 64.1 Å². The van der Waals surface area contributed by atoms with Gasteiger partial charge in [0.2, 0.25) is 0 Å². The number of fused-ring (bicyclic) bond motifs is 1. The molecule has 0 bridgehead atoms. The number of thioether (sulfide) groups is 1. The predicted molar refractivity (Wildman–Crippen MR) is 111 cm³/mol. The number of amidine groups is 1. The van der Waals surface area contributed by atoms with Gasteiger partial charge in [0.15, 0.2) is 0 Å². The predicted octanol–water partition coefficient (Wildman–Crippen LogP) is 4.20. The van der Waals surface area contributed by atoms with E-state index in [1.165, 1.54) is 41.4 Å². The first-order valence-corrected chi connectivity index (χ1v) is 10.8. The zero-order valence-electron chi connectivity index (χ0n) is 14.7. The molecule has 2 aliphatic heterocycles. The van der Waals surface area contributed by atoms with Crippen LogP contribution in [0.3, 0.4) is 0 Å². The van der Waals surface area contributed by atoms with Gasteiger partial charge >= 0.3 is 0 Å². The minimum atomic E-state index is 0.610. The summed E-state index contributed by atoms with van der Waals surface area (Å²) in [4.78, 5) is 11.1. The number of piperidine rings is 1. The number of rotatable bonds is 3. The molecule has 0 radical (unpaired) electrons. The molecule has 0 atom stereocenters. The van der Waals surface area contributed by atoms with Crippen molar-refractivity contribution in [2.75, 3.05) is 43.3 Å². The molecule has 132 valence electrons. The summed E-state index contributed by atoms with van der Waals surface area (Å²) < 4.78 is 0. The lowest BCUT2D eigenvalue weighted by atomic mass is 10.0. The highest BCUT2D eigenvalue weighted by molar-refractivity contribution is 7.98. The second kappa shape index (κ2) is 7.40. The Morgan fingerprint density at radius 1 is 1.24 bits per heavy atom. The summed E-state index contributed by atoms with van der Waals surface area (Å²) in [5.41, 5.74) is 2.35. The van der Waals surface area contributed by atoms with Crippen LogP contribution in [-0.4, -0.2) is 49.8 Å². The average Bonchev–Trinajstić information content (AvgIpc) is 3.13. The van der Waals surface area contributed by atoms with Crippen molar-refractivity contribution >= 4 is 39.6 Å². The quantitative estimate of drug-likeness (QED) is 0.818. The Kier molecular flexibility index (Phi) is 5.01. The Hall–Kier alpha value is -1.50. The summed E-state index contributed by atoms with van der Waals surface area (Å²) in [6.45, 7) is 3.11. The second-order valence-corrected chi connectivity index (χ2v) is 8.42. The van der Waals surface area contributed by atoms with Gasteiger partial charge in [0, 0.05) is 16.6 Å². The zero-order valence-corrected chi connectivity index (χ0v) is 16.4. The molecule has 0 saturated carbocycles. The SMILES string of the molecule is CSc1cccc(NC2=NCN(C3CCN(C)CC3)c3sccc32)c1. The molecule has 25 heavy (non-hydrogen) atoms. The van der Waals surface area contributed by atoms with Crippen molar-refractivity contribution in [3.63, 3.8) is 0 Å². The largest absolute Gasteiger partial charge is 0.340 e. The minimum Gasteiger partial charge on any atom is -0.340 e. The van der Waals surface area contributed by atoms with E-state index in [0.29, 0.717) is 6.04 Å². The van der Waals surface area contributed by atoms with Gasteiger partial charge in [-0.3, -0.25) is 0 Å². The van der Waals surface area contributed by atoms with Gasteiger partial charge in [-0.1, -0.05) is 6.07 Å². The molecule has 1 fully saturated rings. The number of aliphatic imine (C=N–C) groups is 1. The van der Waals surface area contributed by atoms with Crippen molar-refractivity contribution in [1.82, 2.24) is 4.90 Å². The highest BCUT2D eigenvalue weighted by Gasteiger charge is 2.29. The van der Waals surface area contributed by atoms with Crippen LogP contribution in [0.15, 0.2) is 45.6 Å². The van der Waals surface area contributed by atoms with Crippen LogP contribution in [-0.2, 0) is 0 Å². The molecule has 4 nitrogen and oxygen atoms in total. The molecule has 0 unspecified atom stereocenters. The van der Waals surface area contributed by atoms with E-state index in [0.717, 1.165) is 18.2 Å². The van der Waals surface area contributed by atoms with Crippen LogP contribution < -0.4 is 10.2 Å². The molecule has 1 N–H and O–H groups in total. The Bertz CT molecular complexity index is 762. The lowest BCUT2D eigenvalue weighted by Gasteiger charge is -2.39. The molecule has 4 rings (SSSR count). The number of hydrogen-bond donors (Lipinski definition) is 1. The van der Waals surface area contributed by atoms with E-state index in [1.807, 2.05) is 11.3 Å². The van der Waals surface area contributed by atoms with Gasteiger partial charge in [0.25, 0.3) is 0 Å². The van der Waals surface area contributed by atoms with Crippen LogP contribution in [0.2, 0.25) is 0 Å². The molecular formula is C19H24N4S2. The summed E-state index contributed by atoms with van der Waals surface area (Å²) in [6, 6.07) is 11.3. The van der Waals surface area contributed by atoms with Crippen LogP contribution >= 0.6 is 23.1 Å². The third-order valence-electron chi connectivity index (χ3n) is 5.00. The molecule has 3 heterocycles. The highest BCUT2D eigenvalue weighted by Crippen LogP contribution is 2.35. The first kappa shape index (κ1) is 16.9. The van der Waals surface area contributed by atoms with Crippen molar-refractivity contribution in [3.05, 3.63) is 41.3 Å². The maximum Gasteiger partial charge on any atom is 0.137 e. The van der Waals surface area contributed by atoms with Gasteiger partial charge in [-0.05, 0) is 68.9 Å². The Morgan fingerprint density at radius 3 is 2.88 bits per heavy atom. The van der Waals surface area contributed by atoms with E-state index >= 15 is 0 Å². The molecular weight excluding hydrogens is 348 g/mol. The number of hydrogen-bond acceptors (Lipinski definition) is 6. The summed E-state index contributed by atoms with van der Waals surface area (Å²) in [5, 5.41) is 7.09.